The average molecular weight is 438 g/mol. The molecule has 170 valence electrons. The number of ether oxygens (including phenoxy) is 2. The van der Waals surface area contributed by atoms with E-state index >= 15 is 0 Å². The van der Waals surface area contributed by atoms with E-state index in [0.29, 0.717) is 30.3 Å². The molecule has 1 unspecified atom stereocenters. The largest absolute Gasteiger partial charge is 0.493 e. The van der Waals surface area contributed by atoms with Crippen LogP contribution in [-0.2, 0) is 19.4 Å². The summed E-state index contributed by atoms with van der Waals surface area (Å²) in [6, 6.07) is 14.0. The minimum Gasteiger partial charge on any atom is -0.493 e. The van der Waals surface area contributed by atoms with Gasteiger partial charge in [0.2, 0.25) is 0 Å². The standard InChI is InChI=1S/C25H31N3O4/c1-27-13-11-20-19-6-4-5-7-21(19)28(24(20)25(27)30)16-18(29)15-26-12-10-17-8-9-22(31-2)23(14-17)32-3/h4-9,14,18,26,29H,10-13,15-16H2,1-3H3. The monoisotopic (exact) mass is 437 g/mol. The number of nitrogens with zero attached hydrogens (tertiary/aromatic N) is 2. The molecule has 1 aliphatic heterocycles. The van der Waals surface area contributed by atoms with Crippen molar-refractivity contribution in [1.82, 2.24) is 14.8 Å². The number of likely N-dealkylation sites (N-methyl/N-ethyl adjacent to an activating group) is 1. The second-order valence-electron chi connectivity index (χ2n) is 8.23. The Morgan fingerprint density at radius 1 is 1.12 bits per heavy atom. The zero-order valence-corrected chi connectivity index (χ0v) is 18.9. The molecule has 7 nitrogen and oxygen atoms in total. The molecule has 0 bridgehead atoms. The lowest BCUT2D eigenvalue weighted by Gasteiger charge is -2.25. The molecule has 2 N–H and O–H groups in total. The number of aromatic nitrogens is 1. The van der Waals surface area contributed by atoms with E-state index in [-0.39, 0.29) is 5.91 Å². The number of para-hydroxylation sites is 1. The molecule has 2 heterocycles. The molecule has 1 aromatic heterocycles. The van der Waals surface area contributed by atoms with Crippen molar-refractivity contribution in [3.05, 3.63) is 59.3 Å². The van der Waals surface area contributed by atoms with Gasteiger partial charge in [0.15, 0.2) is 11.5 Å². The van der Waals surface area contributed by atoms with Crippen molar-refractivity contribution in [3.63, 3.8) is 0 Å². The van der Waals surface area contributed by atoms with Crippen molar-refractivity contribution >= 4 is 16.8 Å². The summed E-state index contributed by atoms with van der Waals surface area (Å²) in [6.45, 7) is 2.26. The van der Waals surface area contributed by atoms with Gasteiger partial charge in [-0.2, -0.15) is 0 Å². The topological polar surface area (TPSA) is 76.0 Å². The molecule has 0 spiro atoms. The molecule has 32 heavy (non-hydrogen) atoms. The highest BCUT2D eigenvalue weighted by molar-refractivity contribution is 6.02. The molecule has 2 aromatic carbocycles. The molecule has 1 atom stereocenters. The number of nitrogens with one attached hydrogen (secondary N) is 1. The van der Waals surface area contributed by atoms with Crippen molar-refractivity contribution in [2.24, 2.45) is 0 Å². The molecular weight excluding hydrogens is 406 g/mol. The van der Waals surface area contributed by atoms with Crippen LogP contribution in [-0.4, -0.2) is 67.5 Å². The summed E-state index contributed by atoms with van der Waals surface area (Å²) in [4.78, 5) is 14.6. The number of hydrogen-bond donors (Lipinski definition) is 2. The van der Waals surface area contributed by atoms with Crippen LogP contribution in [0.25, 0.3) is 10.9 Å². The van der Waals surface area contributed by atoms with Gasteiger partial charge < -0.3 is 29.4 Å². The van der Waals surface area contributed by atoms with Crippen molar-refractivity contribution in [2.75, 3.05) is 40.9 Å². The molecule has 0 saturated heterocycles. The first-order chi connectivity index (χ1) is 15.5. The lowest BCUT2D eigenvalue weighted by atomic mass is 10.0. The normalized spacial score (nSPS) is 14.5. The SMILES string of the molecule is COc1ccc(CCNCC(O)Cn2c3c(c4ccccc42)CCN(C)C3=O)cc1OC. The smallest absolute Gasteiger partial charge is 0.270 e. The Morgan fingerprint density at radius 2 is 1.91 bits per heavy atom. The highest BCUT2D eigenvalue weighted by Crippen LogP contribution is 2.31. The first-order valence-electron chi connectivity index (χ1n) is 11.0. The second-order valence-corrected chi connectivity index (χ2v) is 8.23. The summed E-state index contributed by atoms with van der Waals surface area (Å²) in [5, 5.41) is 15.2. The van der Waals surface area contributed by atoms with E-state index in [1.54, 1.807) is 19.1 Å². The van der Waals surface area contributed by atoms with Crippen LogP contribution >= 0.6 is 0 Å². The van der Waals surface area contributed by atoms with Crippen LogP contribution < -0.4 is 14.8 Å². The van der Waals surface area contributed by atoms with Crippen LogP contribution in [0.2, 0.25) is 0 Å². The molecule has 0 aliphatic carbocycles. The number of hydrogen-bond acceptors (Lipinski definition) is 5. The summed E-state index contributed by atoms with van der Waals surface area (Å²) < 4.78 is 12.6. The minimum atomic E-state index is -0.611. The maximum Gasteiger partial charge on any atom is 0.270 e. The molecule has 4 rings (SSSR count). The number of methoxy groups -OCH3 is 2. The maximum atomic E-state index is 12.9. The molecule has 1 amide bonds. The third-order valence-corrected chi connectivity index (χ3v) is 6.13. The predicted molar refractivity (Wildman–Crippen MR) is 125 cm³/mol. The van der Waals surface area contributed by atoms with Crippen molar-refractivity contribution in [2.45, 2.75) is 25.5 Å². The van der Waals surface area contributed by atoms with Gasteiger partial charge >= 0.3 is 0 Å². The first-order valence-corrected chi connectivity index (χ1v) is 11.0. The number of carbonyl (C=O) groups excluding carboxylic acids is 1. The quantitative estimate of drug-likeness (QED) is 0.503. The van der Waals surface area contributed by atoms with Gasteiger partial charge in [0, 0.05) is 31.0 Å². The third kappa shape index (κ3) is 4.31. The molecule has 0 fully saturated rings. The van der Waals surface area contributed by atoms with E-state index < -0.39 is 6.10 Å². The number of amides is 1. The van der Waals surface area contributed by atoms with Gasteiger partial charge in [-0.25, -0.2) is 0 Å². The van der Waals surface area contributed by atoms with Crippen LogP contribution in [0.5, 0.6) is 11.5 Å². The number of aliphatic hydroxyl groups excluding tert-OH is 1. The van der Waals surface area contributed by atoms with Gasteiger partial charge in [0.1, 0.15) is 5.69 Å². The Labute approximate surface area is 188 Å². The lowest BCUT2D eigenvalue weighted by Crippen LogP contribution is -2.37. The van der Waals surface area contributed by atoms with Crippen molar-refractivity contribution in [1.29, 1.82) is 0 Å². The van der Waals surface area contributed by atoms with Gasteiger partial charge in [-0.1, -0.05) is 24.3 Å². The fourth-order valence-corrected chi connectivity index (χ4v) is 4.44. The zero-order valence-electron chi connectivity index (χ0n) is 18.9. The van der Waals surface area contributed by atoms with Gasteiger partial charge in [0.25, 0.3) is 5.91 Å². The van der Waals surface area contributed by atoms with Crippen molar-refractivity contribution in [3.8, 4) is 11.5 Å². The fraction of sp³-hybridized carbons (Fsp3) is 0.400. The summed E-state index contributed by atoms with van der Waals surface area (Å²) in [7, 11) is 5.08. The average Bonchev–Trinajstić information content (AvgIpc) is 3.13. The van der Waals surface area contributed by atoms with E-state index in [0.717, 1.165) is 48.0 Å². The second kappa shape index (κ2) is 9.63. The molecule has 0 saturated carbocycles. The van der Waals surface area contributed by atoms with Gasteiger partial charge in [-0.15, -0.1) is 0 Å². The number of carbonyl (C=O) groups is 1. The summed E-state index contributed by atoms with van der Waals surface area (Å²) >= 11 is 0. The Kier molecular flexibility index (Phi) is 6.67. The highest BCUT2D eigenvalue weighted by atomic mass is 16.5. The summed E-state index contributed by atoms with van der Waals surface area (Å²) in [5.74, 6) is 1.45. The van der Waals surface area contributed by atoms with Crippen LogP contribution in [0.4, 0.5) is 0 Å². The Hall–Kier alpha value is -3.03. The maximum absolute atomic E-state index is 12.9. The van der Waals surface area contributed by atoms with E-state index in [1.807, 2.05) is 48.0 Å². The first kappa shape index (κ1) is 22.2. The third-order valence-electron chi connectivity index (χ3n) is 6.13. The van der Waals surface area contributed by atoms with Crippen molar-refractivity contribution < 1.29 is 19.4 Å². The Morgan fingerprint density at radius 3 is 2.69 bits per heavy atom. The molecule has 0 radical (unpaired) electrons. The number of aliphatic hydroxyl groups is 1. The van der Waals surface area contributed by atoms with E-state index in [1.165, 1.54) is 0 Å². The highest BCUT2D eigenvalue weighted by Gasteiger charge is 2.29. The fourth-order valence-electron chi connectivity index (χ4n) is 4.44. The number of fused-ring (bicyclic) bond motifs is 3. The van der Waals surface area contributed by atoms with E-state index in [9.17, 15) is 9.90 Å². The number of rotatable bonds is 9. The summed E-state index contributed by atoms with van der Waals surface area (Å²) in [6.07, 6.45) is 1.03. The van der Waals surface area contributed by atoms with E-state index in [4.69, 9.17) is 9.47 Å². The Balaban J connectivity index is 1.40. The van der Waals surface area contributed by atoms with Gasteiger partial charge in [-0.05, 0) is 48.7 Å². The molecule has 3 aromatic rings. The van der Waals surface area contributed by atoms with Crippen LogP contribution in [0.1, 0.15) is 21.6 Å². The summed E-state index contributed by atoms with van der Waals surface area (Å²) in [5.41, 5.74) is 3.94. The van der Waals surface area contributed by atoms with Gasteiger partial charge in [-0.3, -0.25) is 4.79 Å². The molecule has 1 aliphatic rings. The molecular formula is C25H31N3O4. The lowest BCUT2D eigenvalue weighted by molar-refractivity contribution is 0.0764. The zero-order chi connectivity index (χ0) is 22.7. The van der Waals surface area contributed by atoms with Crippen LogP contribution in [0.15, 0.2) is 42.5 Å². The van der Waals surface area contributed by atoms with Gasteiger partial charge in [0.05, 0.1) is 26.9 Å². The molecule has 7 heteroatoms. The van der Waals surface area contributed by atoms with Crippen LogP contribution in [0, 0.1) is 0 Å². The number of benzene rings is 2. The predicted octanol–water partition coefficient (Wildman–Crippen LogP) is 2.48. The van der Waals surface area contributed by atoms with E-state index in [2.05, 4.69) is 11.4 Å². The Bertz CT molecular complexity index is 1110. The minimum absolute atomic E-state index is 0.0241. The van der Waals surface area contributed by atoms with Crippen LogP contribution in [0.3, 0.4) is 0 Å².